The minimum atomic E-state index is 0.215. The maximum Gasteiger partial charge on any atom is 0.0991 e. The summed E-state index contributed by atoms with van der Waals surface area (Å²) in [5, 5.41) is 16.9. The summed E-state index contributed by atoms with van der Waals surface area (Å²) in [6.45, 7) is 8.45. The lowest BCUT2D eigenvalue weighted by atomic mass is 10.0. The highest BCUT2D eigenvalue weighted by atomic mass is 15.3. The van der Waals surface area contributed by atoms with E-state index in [1.54, 1.807) is 0 Å². The van der Waals surface area contributed by atoms with Gasteiger partial charge < -0.3 is 5.32 Å². The standard InChI is InChI=1S/C17H22N4/c1-11(16-8-6-15(10-18)7-9-16)19-12(2)17-13(3)20-21(5)14(17)4/h6-9,11-12,19H,1-5H3. The highest BCUT2D eigenvalue weighted by Gasteiger charge is 2.18. The second kappa shape index (κ2) is 6.11. The predicted octanol–water partition coefficient (Wildman–Crippen LogP) is 3.32. The fourth-order valence-corrected chi connectivity index (χ4v) is 2.82. The average Bonchev–Trinajstić information content (AvgIpc) is 2.72. The van der Waals surface area contributed by atoms with E-state index in [2.05, 4.69) is 37.3 Å². The van der Waals surface area contributed by atoms with E-state index in [0.29, 0.717) is 5.56 Å². The van der Waals surface area contributed by atoms with Crippen LogP contribution in [0.15, 0.2) is 24.3 Å². The summed E-state index contributed by atoms with van der Waals surface area (Å²) >= 11 is 0. The first-order chi connectivity index (χ1) is 9.93. The predicted molar refractivity (Wildman–Crippen MR) is 83.8 cm³/mol. The van der Waals surface area contributed by atoms with E-state index in [9.17, 15) is 0 Å². The Balaban J connectivity index is 2.14. The summed E-state index contributed by atoms with van der Waals surface area (Å²) < 4.78 is 1.93. The third-order valence-electron chi connectivity index (χ3n) is 4.04. The number of nitrogens with zero attached hydrogens (tertiary/aromatic N) is 3. The molecule has 0 saturated carbocycles. The number of hydrogen-bond donors (Lipinski definition) is 1. The van der Waals surface area contributed by atoms with Crippen molar-refractivity contribution in [2.75, 3.05) is 0 Å². The number of nitriles is 1. The second-order valence-electron chi connectivity index (χ2n) is 5.55. The number of benzene rings is 1. The molecule has 0 radical (unpaired) electrons. The number of nitrogens with one attached hydrogen (secondary N) is 1. The normalized spacial score (nSPS) is 13.7. The van der Waals surface area contributed by atoms with Gasteiger partial charge in [-0.25, -0.2) is 0 Å². The summed E-state index contributed by atoms with van der Waals surface area (Å²) in [7, 11) is 1.97. The van der Waals surface area contributed by atoms with Crippen molar-refractivity contribution < 1.29 is 0 Å². The molecule has 2 aromatic rings. The maximum atomic E-state index is 8.85. The fourth-order valence-electron chi connectivity index (χ4n) is 2.82. The Morgan fingerprint density at radius 1 is 1.14 bits per heavy atom. The lowest BCUT2D eigenvalue weighted by molar-refractivity contribution is 0.491. The summed E-state index contributed by atoms with van der Waals surface area (Å²) in [5.41, 5.74) is 5.40. The zero-order valence-corrected chi connectivity index (χ0v) is 13.3. The molecule has 1 aromatic heterocycles. The minimum absolute atomic E-state index is 0.215. The Hall–Kier alpha value is -2.12. The number of hydrogen-bond acceptors (Lipinski definition) is 3. The van der Waals surface area contributed by atoms with Crippen molar-refractivity contribution in [3.8, 4) is 6.07 Å². The molecule has 2 unspecified atom stereocenters. The van der Waals surface area contributed by atoms with Gasteiger partial charge in [0, 0.05) is 30.4 Å². The van der Waals surface area contributed by atoms with Crippen molar-refractivity contribution in [1.29, 1.82) is 5.26 Å². The molecule has 2 rings (SSSR count). The molecule has 0 aliphatic heterocycles. The summed E-state index contributed by atoms with van der Waals surface area (Å²) in [6.07, 6.45) is 0. The van der Waals surface area contributed by atoms with Crippen LogP contribution >= 0.6 is 0 Å². The Bertz CT molecular complexity index is 661. The summed E-state index contributed by atoms with van der Waals surface area (Å²) in [6, 6.07) is 10.3. The van der Waals surface area contributed by atoms with Crippen LogP contribution in [0.5, 0.6) is 0 Å². The zero-order chi connectivity index (χ0) is 15.6. The van der Waals surface area contributed by atoms with Crippen LogP contribution in [0.3, 0.4) is 0 Å². The molecule has 0 saturated heterocycles. The van der Waals surface area contributed by atoms with E-state index in [-0.39, 0.29) is 12.1 Å². The molecule has 4 nitrogen and oxygen atoms in total. The first-order valence-corrected chi connectivity index (χ1v) is 7.20. The third-order valence-corrected chi connectivity index (χ3v) is 4.04. The van der Waals surface area contributed by atoms with Gasteiger partial charge in [-0.15, -0.1) is 0 Å². The van der Waals surface area contributed by atoms with Crippen LogP contribution in [0.1, 0.15) is 54.0 Å². The van der Waals surface area contributed by atoms with Gasteiger partial charge in [-0.2, -0.15) is 10.4 Å². The molecular formula is C17H22N4. The van der Waals surface area contributed by atoms with E-state index in [1.807, 2.05) is 42.9 Å². The van der Waals surface area contributed by atoms with Gasteiger partial charge in [0.2, 0.25) is 0 Å². The molecule has 2 atom stereocenters. The van der Waals surface area contributed by atoms with Gasteiger partial charge in [0.25, 0.3) is 0 Å². The van der Waals surface area contributed by atoms with Crippen LogP contribution in [0.4, 0.5) is 0 Å². The van der Waals surface area contributed by atoms with Gasteiger partial charge in [0.15, 0.2) is 0 Å². The molecule has 0 fully saturated rings. The van der Waals surface area contributed by atoms with Crippen molar-refractivity contribution in [2.45, 2.75) is 39.8 Å². The van der Waals surface area contributed by atoms with Crippen molar-refractivity contribution >= 4 is 0 Å². The second-order valence-corrected chi connectivity index (χ2v) is 5.55. The van der Waals surface area contributed by atoms with Crippen LogP contribution < -0.4 is 5.32 Å². The van der Waals surface area contributed by atoms with E-state index in [1.165, 1.54) is 16.8 Å². The van der Waals surface area contributed by atoms with Crippen LogP contribution in [0.2, 0.25) is 0 Å². The Morgan fingerprint density at radius 3 is 2.24 bits per heavy atom. The van der Waals surface area contributed by atoms with E-state index in [0.717, 1.165) is 5.69 Å². The number of aryl methyl sites for hydroxylation is 2. The molecule has 1 heterocycles. The monoisotopic (exact) mass is 282 g/mol. The van der Waals surface area contributed by atoms with Crippen LogP contribution in [-0.4, -0.2) is 9.78 Å². The molecule has 0 aliphatic carbocycles. The smallest absolute Gasteiger partial charge is 0.0991 e. The van der Waals surface area contributed by atoms with E-state index >= 15 is 0 Å². The molecule has 0 bridgehead atoms. The zero-order valence-electron chi connectivity index (χ0n) is 13.3. The minimum Gasteiger partial charge on any atom is -0.304 e. The van der Waals surface area contributed by atoms with Gasteiger partial charge >= 0.3 is 0 Å². The maximum absolute atomic E-state index is 8.85. The molecule has 1 N–H and O–H groups in total. The van der Waals surface area contributed by atoms with E-state index < -0.39 is 0 Å². The van der Waals surface area contributed by atoms with Crippen molar-refractivity contribution in [2.24, 2.45) is 7.05 Å². The van der Waals surface area contributed by atoms with Gasteiger partial charge in [0.1, 0.15) is 0 Å². The van der Waals surface area contributed by atoms with Gasteiger partial charge in [-0.1, -0.05) is 12.1 Å². The number of rotatable bonds is 4. The first-order valence-electron chi connectivity index (χ1n) is 7.20. The molecule has 110 valence electrons. The van der Waals surface area contributed by atoms with Crippen LogP contribution in [0.25, 0.3) is 0 Å². The molecule has 4 heteroatoms. The van der Waals surface area contributed by atoms with Crippen LogP contribution in [-0.2, 0) is 7.05 Å². The molecule has 0 aliphatic rings. The molecular weight excluding hydrogens is 260 g/mol. The topological polar surface area (TPSA) is 53.6 Å². The SMILES string of the molecule is Cc1nn(C)c(C)c1C(C)NC(C)c1ccc(C#N)cc1. The average molecular weight is 282 g/mol. The van der Waals surface area contributed by atoms with Crippen molar-refractivity contribution in [1.82, 2.24) is 15.1 Å². The van der Waals surface area contributed by atoms with E-state index in [4.69, 9.17) is 5.26 Å². The quantitative estimate of drug-likeness (QED) is 0.936. The molecule has 21 heavy (non-hydrogen) atoms. The Morgan fingerprint density at radius 2 is 1.76 bits per heavy atom. The summed E-state index contributed by atoms with van der Waals surface area (Å²) in [4.78, 5) is 0. The summed E-state index contributed by atoms with van der Waals surface area (Å²) in [5.74, 6) is 0. The van der Waals surface area contributed by atoms with Crippen molar-refractivity contribution in [3.63, 3.8) is 0 Å². The largest absolute Gasteiger partial charge is 0.304 e. The third kappa shape index (κ3) is 3.14. The molecule has 1 aromatic carbocycles. The highest BCUT2D eigenvalue weighted by Crippen LogP contribution is 2.24. The lowest BCUT2D eigenvalue weighted by Gasteiger charge is -2.21. The molecule has 0 spiro atoms. The number of aromatic nitrogens is 2. The molecule has 0 amide bonds. The fraction of sp³-hybridized carbons (Fsp3) is 0.412. The Labute approximate surface area is 126 Å². The van der Waals surface area contributed by atoms with Crippen molar-refractivity contribution in [3.05, 3.63) is 52.3 Å². The Kier molecular flexibility index (Phi) is 4.44. The van der Waals surface area contributed by atoms with Gasteiger partial charge in [-0.05, 0) is 45.4 Å². The lowest BCUT2D eigenvalue weighted by Crippen LogP contribution is -2.23. The first kappa shape index (κ1) is 15.3. The van der Waals surface area contributed by atoms with Crippen LogP contribution in [0, 0.1) is 25.2 Å². The van der Waals surface area contributed by atoms with Gasteiger partial charge in [0.05, 0.1) is 17.3 Å². The van der Waals surface area contributed by atoms with Gasteiger partial charge in [-0.3, -0.25) is 4.68 Å². The highest BCUT2D eigenvalue weighted by molar-refractivity contribution is 5.33.